The molecule has 0 aromatic carbocycles. The Morgan fingerprint density at radius 1 is 1.27 bits per heavy atom. The van der Waals surface area contributed by atoms with Gasteiger partial charge in [-0.05, 0) is 31.2 Å². The number of rotatable bonds is 7. The lowest BCUT2D eigenvalue weighted by Gasteiger charge is -2.19. The minimum absolute atomic E-state index is 0.0653. The molecular weight excluding hydrogens is 390 g/mol. The third-order valence-corrected chi connectivity index (χ3v) is 6.03. The van der Waals surface area contributed by atoms with Crippen LogP contribution in [0.25, 0.3) is 11.4 Å². The molecule has 3 heterocycles. The highest BCUT2D eigenvalue weighted by atomic mass is 35.5. The third-order valence-electron chi connectivity index (χ3n) is 3.81. The Morgan fingerprint density at radius 3 is 2.69 bits per heavy atom. The molecule has 0 saturated carbocycles. The Morgan fingerprint density at radius 2 is 2.04 bits per heavy atom. The van der Waals surface area contributed by atoms with Crippen LogP contribution in [0.4, 0.5) is 0 Å². The molecule has 0 bridgehead atoms. The van der Waals surface area contributed by atoms with Gasteiger partial charge < -0.3 is 9.47 Å². The predicted octanol–water partition coefficient (Wildman–Crippen LogP) is 3.73. The van der Waals surface area contributed by atoms with E-state index in [4.69, 9.17) is 11.6 Å². The van der Waals surface area contributed by atoms with Crippen LogP contribution in [0, 0.1) is 0 Å². The molecule has 136 valence electrons. The summed E-state index contributed by atoms with van der Waals surface area (Å²) < 4.78 is 2.63. The maximum absolute atomic E-state index is 12.6. The predicted molar refractivity (Wildman–Crippen MR) is 105 cm³/mol. The van der Waals surface area contributed by atoms with Crippen LogP contribution in [-0.2, 0) is 18.4 Å². The van der Waals surface area contributed by atoms with E-state index >= 15 is 0 Å². The lowest BCUT2D eigenvalue weighted by atomic mass is 10.2. The second-order valence-electron chi connectivity index (χ2n) is 5.50. The van der Waals surface area contributed by atoms with Crippen LogP contribution in [0.3, 0.4) is 0 Å². The van der Waals surface area contributed by atoms with Crippen molar-refractivity contribution in [2.24, 2.45) is 7.05 Å². The number of amides is 1. The standard InChI is InChI=1S/C17H18ClN5OS2/c1-3-23(10-13-4-5-14(18)26-13)15(24)11-25-17-21-20-16(22(17)2)12-6-8-19-9-7-12/h4-9H,3,10-11H2,1-2H3. The second-order valence-corrected chi connectivity index (χ2v) is 8.25. The molecule has 0 aliphatic carbocycles. The third kappa shape index (κ3) is 4.44. The van der Waals surface area contributed by atoms with Crippen molar-refractivity contribution in [3.8, 4) is 11.4 Å². The minimum atomic E-state index is 0.0653. The number of carbonyl (C=O) groups excluding carboxylic acids is 1. The molecule has 0 aliphatic heterocycles. The van der Waals surface area contributed by atoms with Crippen molar-refractivity contribution >= 4 is 40.6 Å². The SMILES string of the molecule is CCN(Cc1ccc(Cl)s1)C(=O)CSc1nnc(-c2ccncc2)n1C. The van der Waals surface area contributed by atoms with Crippen molar-refractivity contribution in [1.82, 2.24) is 24.6 Å². The molecule has 9 heteroatoms. The zero-order valence-electron chi connectivity index (χ0n) is 14.4. The monoisotopic (exact) mass is 407 g/mol. The number of pyridine rings is 1. The first-order valence-corrected chi connectivity index (χ1v) is 10.2. The molecule has 3 aromatic heterocycles. The van der Waals surface area contributed by atoms with Crippen LogP contribution < -0.4 is 0 Å². The molecule has 3 rings (SSSR count). The summed E-state index contributed by atoms with van der Waals surface area (Å²) in [7, 11) is 1.90. The lowest BCUT2D eigenvalue weighted by molar-refractivity contribution is -0.128. The number of hydrogen-bond acceptors (Lipinski definition) is 6. The zero-order chi connectivity index (χ0) is 18.5. The molecule has 0 unspecified atom stereocenters. The van der Waals surface area contributed by atoms with Gasteiger partial charge in [0, 0.05) is 36.4 Å². The first-order chi connectivity index (χ1) is 12.6. The largest absolute Gasteiger partial charge is 0.337 e. The highest BCUT2D eigenvalue weighted by molar-refractivity contribution is 7.99. The number of aromatic nitrogens is 4. The number of hydrogen-bond donors (Lipinski definition) is 0. The fraction of sp³-hybridized carbons (Fsp3) is 0.294. The fourth-order valence-corrected chi connectivity index (χ4v) is 4.33. The molecule has 1 amide bonds. The van der Waals surface area contributed by atoms with Crippen LogP contribution >= 0.6 is 34.7 Å². The highest BCUT2D eigenvalue weighted by Gasteiger charge is 2.17. The Labute approximate surface area is 165 Å². The fourth-order valence-electron chi connectivity index (χ4n) is 2.41. The summed E-state index contributed by atoms with van der Waals surface area (Å²) in [6.45, 7) is 3.20. The summed E-state index contributed by atoms with van der Waals surface area (Å²) in [4.78, 5) is 19.5. The molecule has 6 nitrogen and oxygen atoms in total. The van der Waals surface area contributed by atoms with Crippen LogP contribution in [0.15, 0.2) is 41.8 Å². The summed E-state index contributed by atoms with van der Waals surface area (Å²) in [5.74, 6) is 1.13. The molecule has 0 radical (unpaired) electrons. The summed E-state index contributed by atoms with van der Waals surface area (Å²) in [5.41, 5.74) is 0.943. The molecular formula is C17H18ClN5OS2. The molecule has 0 fully saturated rings. The Kier molecular flexibility index (Phi) is 6.29. The van der Waals surface area contributed by atoms with Gasteiger partial charge >= 0.3 is 0 Å². The van der Waals surface area contributed by atoms with Gasteiger partial charge in [-0.2, -0.15) is 0 Å². The molecule has 0 N–H and O–H groups in total. The van der Waals surface area contributed by atoms with E-state index in [0.717, 1.165) is 20.6 Å². The van der Waals surface area contributed by atoms with Gasteiger partial charge in [0.05, 0.1) is 16.6 Å². The maximum atomic E-state index is 12.6. The van der Waals surface area contributed by atoms with E-state index in [9.17, 15) is 4.79 Å². The van der Waals surface area contributed by atoms with Gasteiger partial charge in [-0.15, -0.1) is 21.5 Å². The molecule has 3 aromatic rings. The molecule has 0 saturated heterocycles. The average molecular weight is 408 g/mol. The Bertz CT molecular complexity index is 880. The number of halogens is 1. The van der Waals surface area contributed by atoms with E-state index in [1.165, 1.54) is 23.1 Å². The summed E-state index contributed by atoms with van der Waals surface area (Å²) in [5, 5.41) is 9.14. The van der Waals surface area contributed by atoms with E-state index < -0.39 is 0 Å². The number of thioether (sulfide) groups is 1. The normalized spacial score (nSPS) is 10.9. The second kappa shape index (κ2) is 8.66. The van der Waals surface area contributed by atoms with E-state index in [-0.39, 0.29) is 5.91 Å². The summed E-state index contributed by atoms with van der Waals surface area (Å²) in [6, 6.07) is 7.58. The van der Waals surface area contributed by atoms with Crippen molar-refractivity contribution in [3.05, 3.63) is 45.9 Å². The van der Waals surface area contributed by atoms with Gasteiger partial charge in [0.2, 0.25) is 5.91 Å². The smallest absolute Gasteiger partial charge is 0.233 e. The topological polar surface area (TPSA) is 63.9 Å². The quantitative estimate of drug-likeness (QED) is 0.558. The first kappa shape index (κ1) is 18.9. The van der Waals surface area contributed by atoms with E-state index in [1.807, 2.05) is 47.7 Å². The Balaban J connectivity index is 1.63. The van der Waals surface area contributed by atoms with Gasteiger partial charge in [-0.1, -0.05) is 23.4 Å². The number of carbonyl (C=O) groups is 1. The van der Waals surface area contributed by atoms with Crippen LogP contribution in [-0.4, -0.2) is 42.9 Å². The van der Waals surface area contributed by atoms with Crippen molar-refractivity contribution in [1.29, 1.82) is 0 Å². The summed E-state index contributed by atoms with van der Waals surface area (Å²) in [6.07, 6.45) is 3.44. The van der Waals surface area contributed by atoms with Gasteiger partial charge in [0.1, 0.15) is 0 Å². The van der Waals surface area contributed by atoms with E-state index in [2.05, 4.69) is 15.2 Å². The van der Waals surface area contributed by atoms with Crippen LogP contribution in [0.5, 0.6) is 0 Å². The molecule has 0 spiro atoms. The van der Waals surface area contributed by atoms with Gasteiger partial charge in [-0.3, -0.25) is 9.78 Å². The highest BCUT2D eigenvalue weighted by Crippen LogP contribution is 2.24. The average Bonchev–Trinajstić information content (AvgIpc) is 3.23. The van der Waals surface area contributed by atoms with Gasteiger partial charge in [-0.25, -0.2) is 0 Å². The van der Waals surface area contributed by atoms with Crippen LogP contribution in [0.1, 0.15) is 11.8 Å². The van der Waals surface area contributed by atoms with E-state index in [0.29, 0.717) is 24.0 Å². The Hall–Kier alpha value is -1.90. The van der Waals surface area contributed by atoms with Crippen molar-refractivity contribution in [2.45, 2.75) is 18.6 Å². The minimum Gasteiger partial charge on any atom is -0.337 e. The van der Waals surface area contributed by atoms with Gasteiger partial charge in [0.25, 0.3) is 0 Å². The van der Waals surface area contributed by atoms with Gasteiger partial charge in [0.15, 0.2) is 11.0 Å². The number of thiophene rings is 1. The van der Waals surface area contributed by atoms with Crippen LogP contribution in [0.2, 0.25) is 4.34 Å². The lowest BCUT2D eigenvalue weighted by Crippen LogP contribution is -2.31. The zero-order valence-corrected chi connectivity index (χ0v) is 16.8. The molecule has 0 aliphatic rings. The first-order valence-electron chi connectivity index (χ1n) is 8.03. The van der Waals surface area contributed by atoms with E-state index in [1.54, 1.807) is 12.4 Å². The molecule has 0 atom stereocenters. The van der Waals surface area contributed by atoms with Crippen molar-refractivity contribution in [2.75, 3.05) is 12.3 Å². The maximum Gasteiger partial charge on any atom is 0.233 e. The molecule has 26 heavy (non-hydrogen) atoms. The summed E-state index contributed by atoms with van der Waals surface area (Å²) >= 11 is 8.86. The van der Waals surface area contributed by atoms with Crippen molar-refractivity contribution < 1.29 is 4.79 Å². The van der Waals surface area contributed by atoms with Crippen molar-refractivity contribution in [3.63, 3.8) is 0 Å². The number of nitrogens with zero attached hydrogens (tertiary/aromatic N) is 5.